The largest absolute Gasteiger partial charge is 0.451 e. The van der Waals surface area contributed by atoms with E-state index in [0.29, 0.717) is 22.0 Å². The van der Waals surface area contributed by atoms with Crippen LogP contribution < -0.4 is 15.5 Å². The molecule has 4 aromatic rings. The second kappa shape index (κ2) is 10.7. The third-order valence-corrected chi connectivity index (χ3v) is 6.08. The maximum atomic E-state index is 13.9. The van der Waals surface area contributed by atoms with E-state index >= 15 is 0 Å². The zero-order valence-electron chi connectivity index (χ0n) is 19.7. The number of hydrogen-bond donors (Lipinski definition) is 2. The van der Waals surface area contributed by atoms with Gasteiger partial charge in [-0.05, 0) is 59.7 Å². The van der Waals surface area contributed by atoms with E-state index in [4.69, 9.17) is 16.3 Å². The van der Waals surface area contributed by atoms with Crippen LogP contribution in [0.1, 0.15) is 11.1 Å². The Morgan fingerprint density at radius 3 is 2.03 bits per heavy atom. The van der Waals surface area contributed by atoms with Gasteiger partial charge in [0, 0.05) is 22.3 Å². The minimum Gasteiger partial charge on any atom is -0.451 e. The minimum atomic E-state index is -1.67. The summed E-state index contributed by atoms with van der Waals surface area (Å²) in [4.78, 5) is 13.0. The van der Waals surface area contributed by atoms with E-state index in [-0.39, 0.29) is 18.4 Å². The van der Waals surface area contributed by atoms with Crippen LogP contribution in [0.2, 0.25) is 5.02 Å². The van der Waals surface area contributed by atoms with Gasteiger partial charge in [0.25, 0.3) is 0 Å². The Balaban J connectivity index is 1.32. The second-order valence-corrected chi connectivity index (χ2v) is 8.86. The second-order valence-electron chi connectivity index (χ2n) is 8.42. The summed E-state index contributed by atoms with van der Waals surface area (Å²) in [6.45, 7) is 0.139. The van der Waals surface area contributed by atoms with Crippen molar-refractivity contribution < 1.29 is 31.5 Å². The van der Waals surface area contributed by atoms with E-state index in [2.05, 4.69) is 10.7 Å². The van der Waals surface area contributed by atoms with Crippen molar-refractivity contribution >= 4 is 34.6 Å². The van der Waals surface area contributed by atoms with Crippen LogP contribution >= 0.6 is 11.6 Å². The van der Waals surface area contributed by atoms with Crippen LogP contribution in [0, 0.1) is 29.1 Å². The summed E-state index contributed by atoms with van der Waals surface area (Å²) in [5.74, 6) is -8.29. The maximum Gasteiger partial charge on any atom is 0.340 e. The molecular weight excluding hydrogens is 541 g/mol. The molecule has 2 N–H and O–H groups in total. The number of carbonyl (C=O) groups excluding carboxylic acids is 1. The molecule has 0 radical (unpaired) electrons. The van der Waals surface area contributed by atoms with Crippen LogP contribution in [0.4, 0.5) is 32.4 Å². The molecule has 0 aliphatic carbocycles. The molecule has 1 aliphatic rings. The zero-order valence-corrected chi connectivity index (χ0v) is 20.5. The highest BCUT2D eigenvalue weighted by molar-refractivity contribution is 6.30. The molecule has 0 unspecified atom stereocenters. The van der Waals surface area contributed by atoms with E-state index in [1.54, 1.807) is 36.4 Å². The fraction of sp³-hybridized carbons (Fsp3) is 0.0357. The van der Waals surface area contributed by atoms with Crippen molar-refractivity contribution in [2.24, 2.45) is 0 Å². The van der Waals surface area contributed by atoms with Crippen LogP contribution in [0.5, 0.6) is 11.5 Å². The van der Waals surface area contributed by atoms with Crippen LogP contribution in [0.3, 0.4) is 0 Å². The third kappa shape index (κ3) is 5.51. The predicted octanol–water partition coefficient (Wildman–Crippen LogP) is 7.75. The summed E-state index contributed by atoms with van der Waals surface area (Å²) in [5.41, 5.74) is 6.18. The number of hydrazine groups is 1. The van der Waals surface area contributed by atoms with E-state index < -0.39 is 40.9 Å². The molecule has 5 nitrogen and oxygen atoms in total. The van der Waals surface area contributed by atoms with Gasteiger partial charge in [0.15, 0.2) is 11.6 Å². The van der Waals surface area contributed by atoms with Crippen molar-refractivity contribution in [2.75, 3.05) is 11.9 Å². The Bertz CT molecular complexity index is 1490. The fourth-order valence-electron chi connectivity index (χ4n) is 3.90. The van der Waals surface area contributed by atoms with E-state index in [1.807, 2.05) is 0 Å². The molecule has 39 heavy (non-hydrogen) atoms. The number of amides is 2. The van der Waals surface area contributed by atoms with E-state index in [1.165, 1.54) is 41.4 Å². The van der Waals surface area contributed by atoms with Crippen molar-refractivity contribution in [1.82, 2.24) is 10.4 Å². The normalized spacial score (nSPS) is 12.9. The Morgan fingerprint density at radius 2 is 1.41 bits per heavy atom. The number of ether oxygens (including phenoxy) is 1. The molecule has 1 aliphatic heterocycles. The molecule has 198 valence electrons. The lowest BCUT2D eigenvalue weighted by atomic mass is 10.0. The van der Waals surface area contributed by atoms with Gasteiger partial charge in [-0.25, -0.2) is 23.0 Å². The van der Waals surface area contributed by atoms with Crippen LogP contribution in [-0.4, -0.2) is 17.6 Å². The van der Waals surface area contributed by atoms with Gasteiger partial charge in [-0.15, -0.1) is 0 Å². The molecule has 0 atom stereocenters. The average molecular weight is 558 g/mol. The Labute approximate surface area is 224 Å². The van der Waals surface area contributed by atoms with Gasteiger partial charge in [-0.1, -0.05) is 35.9 Å². The summed E-state index contributed by atoms with van der Waals surface area (Å²) >= 11 is 6.01. The predicted molar refractivity (Wildman–Crippen MR) is 136 cm³/mol. The average Bonchev–Trinajstić information content (AvgIpc) is 3.37. The molecule has 2 amide bonds. The highest BCUT2D eigenvalue weighted by Crippen LogP contribution is 2.33. The number of urea groups is 1. The molecule has 0 spiro atoms. The number of rotatable bonds is 5. The quantitative estimate of drug-likeness (QED) is 0.195. The lowest BCUT2D eigenvalue weighted by Crippen LogP contribution is -2.40. The van der Waals surface area contributed by atoms with Gasteiger partial charge in [0.05, 0.1) is 12.2 Å². The molecule has 0 fully saturated rings. The lowest BCUT2D eigenvalue weighted by Gasteiger charge is -2.19. The first-order valence-corrected chi connectivity index (χ1v) is 11.8. The zero-order chi connectivity index (χ0) is 27.7. The van der Waals surface area contributed by atoms with Gasteiger partial charge in [0.2, 0.25) is 17.4 Å². The summed E-state index contributed by atoms with van der Waals surface area (Å²) < 4.78 is 73.2. The van der Waals surface area contributed by atoms with Gasteiger partial charge in [-0.2, -0.15) is 8.78 Å². The first-order chi connectivity index (χ1) is 18.7. The van der Waals surface area contributed by atoms with Crippen molar-refractivity contribution in [1.29, 1.82) is 0 Å². The number of carbonyl (C=O) groups is 1. The summed E-state index contributed by atoms with van der Waals surface area (Å²) in [6, 6.07) is 17.7. The van der Waals surface area contributed by atoms with Gasteiger partial charge in [0.1, 0.15) is 11.6 Å². The monoisotopic (exact) mass is 557 g/mol. The molecule has 0 bridgehead atoms. The van der Waals surface area contributed by atoms with Crippen LogP contribution in [0.15, 0.2) is 78.9 Å². The highest BCUT2D eigenvalue weighted by atomic mass is 35.5. The maximum absolute atomic E-state index is 13.9. The van der Waals surface area contributed by atoms with Crippen LogP contribution in [0.25, 0.3) is 11.3 Å². The van der Waals surface area contributed by atoms with E-state index in [0.717, 1.165) is 11.1 Å². The summed E-state index contributed by atoms with van der Waals surface area (Å²) in [6.07, 6.45) is 0. The molecule has 4 aromatic carbocycles. The van der Waals surface area contributed by atoms with Gasteiger partial charge in [-0.3, -0.25) is 5.43 Å². The molecule has 0 saturated carbocycles. The van der Waals surface area contributed by atoms with Crippen LogP contribution in [-0.2, 0) is 0 Å². The Kier molecular flexibility index (Phi) is 7.12. The SMILES string of the molecule is O=C(Nc1ccc(Oc2c(F)c(F)cc(F)c2F)cc1)N1CC(c2ccc(F)cc2)=C(c2ccc(Cl)cc2)N1. The smallest absolute Gasteiger partial charge is 0.340 e. The number of nitrogens with one attached hydrogen (secondary N) is 2. The fourth-order valence-corrected chi connectivity index (χ4v) is 4.03. The van der Waals surface area contributed by atoms with Gasteiger partial charge >= 0.3 is 6.03 Å². The van der Waals surface area contributed by atoms with Crippen molar-refractivity contribution in [3.63, 3.8) is 0 Å². The third-order valence-electron chi connectivity index (χ3n) is 5.83. The summed E-state index contributed by atoms with van der Waals surface area (Å²) in [5, 5.41) is 4.52. The van der Waals surface area contributed by atoms with Crippen molar-refractivity contribution in [3.05, 3.63) is 124 Å². The topological polar surface area (TPSA) is 53.6 Å². The van der Waals surface area contributed by atoms with Gasteiger partial charge < -0.3 is 10.1 Å². The first kappa shape index (κ1) is 26.1. The Hall–Kier alpha value is -4.57. The number of anilines is 1. The number of halogens is 6. The number of benzene rings is 4. The van der Waals surface area contributed by atoms with E-state index in [9.17, 15) is 26.7 Å². The molecule has 5 rings (SSSR count). The molecule has 0 aromatic heterocycles. The van der Waals surface area contributed by atoms with Crippen molar-refractivity contribution in [2.45, 2.75) is 0 Å². The molecule has 0 saturated heterocycles. The first-order valence-electron chi connectivity index (χ1n) is 11.4. The molecular formula is C28H17ClF5N3O2. The van der Waals surface area contributed by atoms with Crippen molar-refractivity contribution in [3.8, 4) is 11.5 Å². The molecule has 11 heteroatoms. The minimum absolute atomic E-state index is 0.0806. The Morgan fingerprint density at radius 1 is 0.821 bits per heavy atom. The number of nitrogens with zero attached hydrogens (tertiary/aromatic N) is 1. The highest BCUT2D eigenvalue weighted by Gasteiger charge is 2.28. The standard InChI is InChI=1S/C28H17ClF5N3O2/c29-17-5-1-16(2-6-17)26-21(15-3-7-18(30)8-4-15)14-37(36-26)28(38)35-19-9-11-20(12-10-19)39-27-24(33)22(31)13-23(32)25(27)34/h1-13,36H,14H2,(H,35,38). The molecule has 1 heterocycles. The number of hydrogen-bond acceptors (Lipinski definition) is 3. The lowest BCUT2D eigenvalue weighted by molar-refractivity contribution is 0.210. The summed E-state index contributed by atoms with van der Waals surface area (Å²) in [7, 11) is 0.